The average Bonchev–Trinajstić information content (AvgIpc) is 2.70. The van der Waals surface area contributed by atoms with E-state index in [0.717, 1.165) is 0 Å². The molecule has 0 aromatic heterocycles. The molecule has 2 amide bonds. The van der Waals surface area contributed by atoms with Crippen LogP contribution in [0.5, 0.6) is 5.75 Å². The van der Waals surface area contributed by atoms with Crippen LogP contribution in [0.1, 0.15) is 24.8 Å². The van der Waals surface area contributed by atoms with Gasteiger partial charge in [0.05, 0.1) is 13.0 Å². The first-order valence-corrected chi connectivity index (χ1v) is 10.0. The molecule has 0 radical (unpaired) electrons. The highest BCUT2D eigenvalue weighted by molar-refractivity contribution is 6.31. The molecule has 2 aromatic rings. The largest absolute Gasteiger partial charge is 0.493 e. The van der Waals surface area contributed by atoms with Crippen molar-refractivity contribution in [2.24, 2.45) is 11.1 Å². The van der Waals surface area contributed by atoms with Crippen LogP contribution in [0.4, 0.5) is 8.78 Å². The Bertz CT molecular complexity index is 903. The van der Waals surface area contributed by atoms with Crippen molar-refractivity contribution in [2.45, 2.75) is 25.7 Å². The first-order valence-electron chi connectivity index (χ1n) is 9.65. The molecular formula is C22H23ClF2N2O3. The van der Waals surface area contributed by atoms with Crippen molar-refractivity contribution in [3.8, 4) is 5.75 Å². The van der Waals surface area contributed by atoms with Gasteiger partial charge in [-0.15, -0.1) is 0 Å². The maximum atomic E-state index is 14.1. The normalized spacial score (nSPS) is 18.8. The monoisotopic (exact) mass is 436 g/mol. The van der Waals surface area contributed by atoms with E-state index in [1.54, 1.807) is 4.90 Å². The molecule has 1 fully saturated rings. The van der Waals surface area contributed by atoms with E-state index in [9.17, 15) is 18.4 Å². The second-order valence-corrected chi connectivity index (χ2v) is 8.09. The minimum atomic E-state index is -0.673. The molecule has 3 rings (SSSR count). The summed E-state index contributed by atoms with van der Waals surface area (Å²) in [5, 5.41) is 0.198. The molecule has 1 saturated heterocycles. The Kier molecular flexibility index (Phi) is 6.92. The number of ether oxygens (including phenoxy) is 1. The van der Waals surface area contributed by atoms with Crippen LogP contribution in [0.25, 0.3) is 0 Å². The molecule has 0 saturated carbocycles. The van der Waals surface area contributed by atoms with Crippen LogP contribution in [-0.2, 0) is 16.0 Å². The van der Waals surface area contributed by atoms with E-state index in [1.807, 2.05) is 0 Å². The highest BCUT2D eigenvalue weighted by Gasteiger charge is 2.39. The molecule has 0 spiro atoms. The molecule has 160 valence electrons. The summed E-state index contributed by atoms with van der Waals surface area (Å²) in [4.78, 5) is 26.2. The van der Waals surface area contributed by atoms with Crippen molar-refractivity contribution in [1.82, 2.24) is 4.90 Å². The molecule has 1 aliphatic heterocycles. The maximum Gasteiger partial charge on any atom is 0.227 e. The second kappa shape index (κ2) is 9.43. The highest BCUT2D eigenvalue weighted by Crippen LogP contribution is 2.35. The van der Waals surface area contributed by atoms with Crippen LogP contribution in [0.3, 0.4) is 0 Å². The summed E-state index contributed by atoms with van der Waals surface area (Å²) < 4.78 is 33.0. The van der Waals surface area contributed by atoms with Gasteiger partial charge in [-0.2, -0.15) is 0 Å². The molecular weight excluding hydrogens is 414 g/mol. The van der Waals surface area contributed by atoms with Gasteiger partial charge in [-0.1, -0.05) is 17.7 Å². The number of benzene rings is 2. The van der Waals surface area contributed by atoms with Gasteiger partial charge in [-0.05, 0) is 49.2 Å². The van der Waals surface area contributed by atoms with Gasteiger partial charge >= 0.3 is 0 Å². The number of halogens is 3. The first kappa shape index (κ1) is 22.0. The van der Waals surface area contributed by atoms with Crippen LogP contribution >= 0.6 is 11.6 Å². The molecule has 1 atom stereocenters. The van der Waals surface area contributed by atoms with E-state index in [1.165, 1.54) is 42.5 Å². The Balaban J connectivity index is 1.73. The number of nitrogens with zero attached hydrogens (tertiary/aromatic N) is 1. The van der Waals surface area contributed by atoms with Crippen molar-refractivity contribution in [3.63, 3.8) is 0 Å². The van der Waals surface area contributed by atoms with Crippen LogP contribution in [0, 0.1) is 17.0 Å². The lowest BCUT2D eigenvalue weighted by atomic mass is 9.77. The van der Waals surface area contributed by atoms with E-state index in [-0.39, 0.29) is 48.3 Å². The minimum absolute atomic E-state index is 0.0401. The number of amides is 2. The fraction of sp³-hybridized carbons (Fsp3) is 0.364. The molecule has 8 heteroatoms. The van der Waals surface area contributed by atoms with E-state index in [4.69, 9.17) is 22.1 Å². The molecule has 0 bridgehead atoms. The SMILES string of the molecule is NC(=O)C[C@]1(COc2ccc(F)cc2)CCCN(C(=O)Cc2c(F)cccc2Cl)C1. The first-order chi connectivity index (χ1) is 14.3. The number of hydrogen-bond donors (Lipinski definition) is 1. The Labute approximate surface area is 178 Å². The third-order valence-electron chi connectivity index (χ3n) is 5.31. The number of rotatable bonds is 7. The number of carbonyl (C=O) groups excluding carboxylic acids is 2. The molecule has 1 heterocycles. The summed E-state index contributed by atoms with van der Waals surface area (Å²) in [7, 11) is 0. The quantitative estimate of drug-likeness (QED) is 0.718. The van der Waals surface area contributed by atoms with E-state index >= 15 is 0 Å². The van der Waals surface area contributed by atoms with Gasteiger partial charge in [0.2, 0.25) is 11.8 Å². The third kappa shape index (κ3) is 5.48. The lowest BCUT2D eigenvalue weighted by molar-refractivity contribution is -0.136. The lowest BCUT2D eigenvalue weighted by Gasteiger charge is -2.42. The molecule has 0 aliphatic carbocycles. The summed E-state index contributed by atoms with van der Waals surface area (Å²) in [6.07, 6.45) is 1.16. The number of likely N-dealkylation sites (tertiary alicyclic amines) is 1. The summed E-state index contributed by atoms with van der Waals surface area (Å²) in [6.45, 7) is 0.885. The molecule has 2 aromatic carbocycles. The zero-order valence-electron chi connectivity index (χ0n) is 16.4. The van der Waals surface area contributed by atoms with Crippen LogP contribution in [0.2, 0.25) is 5.02 Å². The fourth-order valence-corrected chi connectivity index (χ4v) is 4.06. The van der Waals surface area contributed by atoms with Gasteiger partial charge < -0.3 is 15.4 Å². The molecule has 0 unspecified atom stereocenters. The molecule has 2 N–H and O–H groups in total. The zero-order valence-corrected chi connectivity index (χ0v) is 17.1. The van der Waals surface area contributed by atoms with Gasteiger partial charge in [-0.3, -0.25) is 9.59 Å². The molecule has 5 nitrogen and oxygen atoms in total. The topological polar surface area (TPSA) is 72.6 Å². The van der Waals surface area contributed by atoms with Crippen molar-refractivity contribution >= 4 is 23.4 Å². The van der Waals surface area contributed by atoms with Crippen LogP contribution < -0.4 is 10.5 Å². The van der Waals surface area contributed by atoms with Gasteiger partial charge in [-0.25, -0.2) is 8.78 Å². The van der Waals surface area contributed by atoms with Crippen molar-refractivity contribution in [2.75, 3.05) is 19.7 Å². The minimum Gasteiger partial charge on any atom is -0.493 e. The number of hydrogen-bond acceptors (Lipinski definition) is 3. The molecule has 1 aliphatic rings. The summed E-state index contributed by atoms with van der Waals surface area (Å²) in [5.74, 6) is -1.23. The van der Waals surface area contributed by atoms with Gasteiger partial charge in [0.15, 0.2) is 0 Å². The second-order valence-electron chi connectivity index (χ2n) is 7.68. The smallest absolute Gasteiger partial charge is 0.227 e. The van der Waals surface area contributed by atoms with Crippen LogP contribution in [0.15, 0.2) is 42.5 Å². The highest BCUT2D eigenvalue weighted by atomic mass is 35.5. The Morgan fingerprint density at radius 3 is 2.57 bits per heavy atom. The fourth-order valence-electron chi connectivity index (χ4n) is 3.84. The predicted molar refractivity (Wildman–Crippen MR) is 109 cm³/mol. The number of piperidine rings is 1. The Morgan fingerprint density at radius 2 is 1.90 bits per heavy atom. The van der Waals surface area contributed by atoms with Gasteiger partial charge in [0, 0.05) is 35.5 Å². The van der Waals surface area contributed by atoms with E-state index in [2.05, 4.69) is 0 Å². The van der Waals surface area contributed by atoms with E-state index < -0.39 is 17.1 Å². The Hall–Kier alpha value is -2.67. The van der Waals surface area contributed by atoms with E-state index in [0.29, 0.717) is 25.1 Å². The third-order valence-corrected chi connectivity index (χ3v) is 5.67. The van der Waals surface area contributed by atoms with Crippen molar-refractivity contribution < 1.29 is 23.1 Å². The van der Waals surface area contributed by atoms with Crippen LogP contribution in [-0.4, -0.2) is 36.4 Å². The number of primary amides is 1. The predicted octanol–water partition coefficient (Wildman–Crippen LogP) is 3.72. The number of carbonyl (C=O) groups is 2. The van der Waals surface area contributed by atoms with Gasteiger partial charge in [0.1, 0.15) is 17.4 Å². The maximum absolute atomic E-state index is 14.1. The Morgan fingerprint density at radius 1 is 1.17 bits per heavy atom. The summed E-state index contributed by atoms with van der Waals surface area (Å²) in [6, 6.07) is 9.85. The lowest BCUT2D eigenvalue weighted by Crippen LogP contribution is -2.50. The average molecular weight is 437 g/mol. The standard InChI is InChI=1S/C22H23ClF2N2O3/c23-18-3-1-4-19(25)17(18)11-21(29)27-10-2-9-22(13-27,12-20(26)28)14-30-16-7-5-15(24)6-8-16/h1,3-8H,2,9-14H2,(H2,26,28)/t22-/m1/s1. The summed E-state index contributed by atoms with van der Waals surface area (Å²) >= 11 is 6.05. The van der Waals surface area contributed by atoms with Gasteiger partial charge in [0.25, 0.3) is 0 Å². The molecule has 30 heavy (non-hydrogen) atoms. The number of nitrogens with two attached hydrogens (primary N) is 1. The zero-order chi connectivity index (χ0) is 21.7. The summed E-state index contributed by atoms with van der Waals surface area (Å²) in [5.41, 5.74) is 4.94. The van der Waals surface area contributed by atoms with Crippen molar-refractivity contribution in [1.29, 1.82) is 0 Å². The van der Waals surface area contributed by atoms with Crippen molar-refractivity contribution in [3.05, 3.63) is 64.7 Å².